The molecule has 0 aliphatic carbocycles. The first kappa shape index (κ1) is 23.5. The number of carbonyl (C=O) groups excluding carboxylic acids is 1. The number of nitrogens with one attached hydrogen (secondary N) is 1. The molecule has 34 heavy (non-hydrogen) atoms. The number of methoxy groups -OCH3 is 1. The molecule has 1 amide bonds. The first-order valence-corrected chi connectivity index (χ1v) is 11.3. The molecule has 4 rings (SSSR count). The third-order valence-electron chi connectivity index (χ3n) is 5.55. The maximum absolute atomic E-state index is 13.9. The summed E-state index contributed by atoms with van der Waals surface area (Å²) in [7, 11) is 1.61. The van der Waals surface area contributed by atoms with Gasteiger partial charge in [0.1, 0.15) is 11.6 Å². The molecule has 0 radical (unpaired) electrons. The zero-order chi connectivity index (χ0) is 24.1. The van der Waals surface area contributed by atoms with E-state index in [4.69, 9.17) is 21.4 Å². The van der Waals surface area contributed by atoms with Crippen LogP contribution in [0.4, 0.5) is 4.39 Å². The number of carbonyl (C=O) groups is 1. The molecule has 0 saturated heterocycles. The fourth-order valence-corrected chi connectivity index (χ4v) is 3.84. The summed E-state index contributed by atoms with van der Waals surface area (Å²) in [6.07, 6.45) is 0.727. The molecular weight excluding hydrogens is 453 g/mol. The van der Waals surface area contributed by atoms with Gasteiger partial charge in [0.05, 0.1) is 30.2 Å². The van der Waals surface area contributed by atoms with Crippen molar-refractivity contribution < 1.29 is 13.9 Å². The Morgan fingerprint density at radius 1 is 1.09 bits per heavy atom. The fourth-order valence-electron chi connectivity index (χ4n) is 3.72. The van der Waals surface area contributed by atoms with Gasteiger partial charge in [-0.3, -0.25) is 4.79 Å². The summed E-state index contributed by atoms with van der Waals surface area (Å²) < 4.78 is 20.9. The number of ether oxygens (including phenoxy) is 1. The quantitative estimate of drug-likeness (QED) is 0.331. The van der Waals surface area contributed by atoms with Gasteiger partial charge in [0.15, 0.2) is 0 Å². The molecule has 1 heterocycles. The van der Waals surface area contributed by atoms with E-state index in [2.05, 4.69) is 5.32 Å². The van der Waals surface area contributed by atoms with Crippen molar-refractivity contribution in [1.29, 1.82) is 0 Å². The normalized spacial score (nSPS) is 11.8. The minimum absolute atomic E-state index is 0.0752. The van der Waals surface area contributed by atoms with E-state index < -0.39 is 0 Å². The van der Waals surface area contributed by atoms with E-state index in [1.54, 1.807) is 30.0 Å². The largest absolute Gasteiger partial charge is 0.497 e. The number of hydrogen-bond acceptors (Lipinski definition) is 3. The van der Waals surface area contributed by atoms with Crippen LogP contribution in [0.3, 0.4) is 0 Å². The smallest absolute Gasteiger partial charge is 0.220 e. The van der Waals surface area contributed by atoms with E-state index in [1.807, 2.05) is 55.5 Å². The molecule has 7 heteroatoms. The number of rotatable bonds is 8. The Hall–Kier alpha value is -3.64. The molecule has 3 aromatic carbocycles. The minimum atomic E-state index is -0.322. The highest BCUT2D eigenvalue weighted by atomic mass is 35.5. The van der Waals surface area contributed by atoms with Crippen LogP contribution < -0.4 is 10.1 Å². The average molecular weight is 478 g/mol. The second kappa shape index (κ2) is 10.5. The van der Waals surface area contributed by atoms with Crippen molar-refractivity contribution in [1.82, 2.24) is 15.1 Å². The van der Waals surface area contributed by atoms with Gasteiger partial charge in [0, 0.05) is 23.4 Å². The summed E-state index contributed by atoms with van der Waals surface area (Å²) in [6.45, 7) is 1.93. The van der Waals surface area contributed by atoms with Crippen LogP contribution in [0.1, 0.15) is 30.6 Å². The van der Waals surface area contributed by atoms with Gasteiger partial charge >= 0.3 is 0 Å². The highest BCUT2D eigenvalue weighted by Gasteiger charge is 2.15. The molecular formula is C27H25ClFN3O2. The van der Waals surface area contributed by atoms with Crippen molar-refractivity contribution in [3.63, 3.8) is 0 Å². The number of aryl methyl sites for hydroxylation is 1. The predicted octanol–water partition coefficient (Wildman–Crippen LogP) is 6.15. The van der Waals surface area contributed by atoms with E-state index in [0.717, 1.165) is 28.4 Å². The van der Waals surface area contributed by atoms with Crippen molar-refractivity contribution in [2.45, 2.75) is 25.8 Å². The number of halogens is 2. The summed E-state index contributed by atoms with van der Waals surface area (Å²) in [6, 6.07) is 23.0. The van der Waals surface area contributed by atoms with Crippen LogP contribution in [0.15, 0.2) is 78.9 Å². The van der Waals surface area contributed by atoms with Gasteiger partial charge in [0.2, 0.25) is 5.91 Å². The summed E-state index contributed by atoms with van der Waals surface area (Å²) >= 11 is 5.94. The van der Waals surface area contributed by atoms with Crippen LogP contribution >= 0.6 is 11.6 Å². The Morgan fingerprint density at radius 2 is 1.82 bits per heavy atom. The van der Waals surface area contributed by atoms with Gasteiger partial charge in [-0.1, -0.05) is 35.9 Å². The summed E-state index contributed by atoms with van der Waals surface area (Å²) in [4.78, 5) is 12.6. The van der Waals surface area contributed by atoms with Crippen LogP contribution in [0.25, 0.3) is 16.9 Å². The van der Waals surface area contributed by atoms with Crippen LogP contribution in [0.5, 0.6) is 5.75 Å². The molecule has 1 unspecified atom stereocenters. The van der Waals surface area contributed by atoms with E-state index in [-0.39, 0.29) is 24.2 Å². The molecule has 174 valence electrons. The molecule has 1 aromatic heterocycles. The first-order chi connectivity index (χ1) is 16.4. The predicted molar refractivity (Wildman–Crippen MR) is 132 cm³/mol. The van der Waals surface area contributed by atoms with Crippen molar-refractivity contribution in [3.05, 3.63) is 101 Å². The number of aromatic nitrogens is 2. The van der Waals surface area contributed by atoms with Gasteiger partial charge in [0.25, 0.3) is 0 Å². The van der Waals surface area contributed by atoms with Crippen molar-refractivity contribution in [2.75, 3.05) is 7.11 Å². The average Bonchev–Trinajstić information content (AvgIpc) is 3.27. The lowest BCUT2D eigenvalue weighted by atomic mass is 10.1. The van der Waals surface area contributed by atoms with Gasteiger partial charge in [-0.15, -0.1) is 0 Å². The Kier molecular flexibility index (Phi) is 7.28. The first-order valence-electron chi connectivity index (χ1n) is 11.0. The number of nitrogens with zero attached hydrogens (tertiary/aromatic N) is 2. The van der Waals surface area contributed by atoms with Gasteiger partial charge in [-0.2, -0.15) is 5.10 Å². The topological polar surface area (TPSA) is 56.2 Å². The van der Waals surface area contributed by atoms with E-state index in [0.29, 0.717) is 17.0 Å². The highest BCUT2D eigenvalue weighted by Crippen LogP contribution is 2.26. The maximum Gasteiger partial charge on any atom is 0.220 e. The summed E-state index contributed by atoms with van der Waals surface area (Å²) in [5.41, 5.74) is 3.98. The standard InChI is InChI=1S/C27H25ClFN3O2/c1-18(19-6-8-21(28)9-7-19)30-27(33)15-10-23-17-26(20-4-3-5-22(29)16-20)32(31-23)24-11-13-25(34-2)14-12-24/h3-9,11-14,16-18H,10,15H2,1-2H3,(H,30,33). The van der Waals surface area contributed by atoms with Crippen molar-refractivity contribution in [3.8, 4) is 22.7 Å². The number of benzene rings is 3. The third kappa shape index (κ3) is 5.64. The van der Waals surface area contributed by atoms with Crippen molar-refractivity contribution >= 4 is 17.5 Å². The van der Waals surface area contributed by atoms with E-state index in [1.165, 1.54) is 12.1 Å². The third-order valence-corrected chi connectivity index (χ3v) is 5.81. The minimum Gasteiger partial charge on any atom is -0.497 e. The van der Waals surface area contributed by atoms with Crippen LogP contribution in [0.2, 0.25) is 5.02 Å². The molecule has 1 N–H and O–H groups in total. The molecule has 0 aliphatic heterocycles. The monoisotopic (exact) mass is 477 g/mol. The number of amides is 1. The molecule has 1 atom stereocenters. The molecule has 0 saturated carbocycles. The molecule has 0 aliphatic rings. The SMILES string of the molecule is COc1ccc(-n2nc(CCC(=O)NC(C)c3ccc(Cl)cc3)cc2-c2cccc(F)c2)cc1. The Morgan fingerprint density at radius 3 is 2.50 bits per heavy atom. The molecule has 0 bridgehead atoms. The summed E-state index contributed by atoms with van der Waals surface area (Å²) in [5.74, 6) is 0.334. The van der Waals surface area contributed by atoms with Gasteiger partial charge in [-0.25, -0.2) is 9.07 Å². The second-order valence-electron chi connectivity index (χ2n) is 7.98. The molecule has 0 fully saturated rings. The molecule has 5 nitrogen and oxygen atoms in total. The lowest BCUT2D eigenvalue weighted by Gasteiger charge is -2.14. The molecule has 0 spiro atoms. The van der Waals surface area contributed by atoms with Crippen LogP contribution in [-0.2, 0) is 11.2 Å². The second-order valence-corrected chi connectivity index (χ2v) is 8.42. The maximum atomic E-state index is 13.9. The van der Waals surface area contributed by atoms with Gasteiger partial charge in [-0.05, 0) is 67.1 Å². The van der Waals surface area contributed by atoms with E-state index >= 15 is 0 Å². The zero-order valence-electron chi connectivity index (χ0n) is 19.0. The number of hydrogen-bond donors (Lipinski definition) is 1. The molecule has 4 aromatic rings. The van der Waals surface area contributed by atoms with Crippen LogP contribution in [-0.4, -0.2) is 22.8 Å². The zero-order valence-corrected chi connectivity index (χ0v) is 19.7. The van der Waals surface area contributed by atoms with Crippen LogP contribution in [0, 0.1) is 5.82 Å². The van der Waals surface area contributed by atoms with Crippen molar-refractivity contribution in [2.24, 2.45) is 0 Å². The lowest BCUT2D eigenvalue weighted by molar-refractivity contribution is -0.121. The fraction of sp³-hybridized carbons (Fsp3) is 0.185. The van der Waals surface area contributed by atoms with E-state index in [9.17, 15) is 9.18 Å². The lowest BCUT2D eigenvalue weighted by Crippen LogP contribution is -2.26. The Labute approximate surface area is 203 Å². The van der Waals surface area contributed by atoms with Gasteiger partial charge < -0.3 is 10.1 Å². The summed E-state index contributed by atoms with van der Waals surface area (Å²) in [5, 5.41) is 8.39. The Bertz CT molecular complexity index is 1270. The Balaban J connectivity index is 1.52. The highest BCUT2D eigenvalue weighted by molar-refractivity contribution is 6.30.